The molecule has 0 unspecified atom stereocenters. The largest absolute Gasteiger partial charge is 0.460 e. The second-order valence-corrected chi connectivity index (χ2v) is 12.7. The van der Waals surface area contributed by atoms with Crippen LogP contribution in [0.2, 0.25) is 0 Å². The predicted molar refractivity (Wildman–Crippen MR) is 135 cm³/mol. The van der Waals surface area contributed by atoms with Crippen molar-refractivity contribution in [2.45, 2.75) is 157 Å². The Morgan fingerprint density at radius 3 is 0.936 bits per heavy atom. The van der Waals surface area contributed by atoms with Crippen molar-refractivity contribution in [2.24, 2.45) is 0 Å². The molecular formula is C26H37F17O3S. The molecule has 21 heteroatoms. The highest BCUT2D eigenvalue weighted by atomic mass is 32.2. The molecule has 0 saturated carbocycles. The third-order valence-electron chi connectivity index (χ3n) is 7.24. The zero-order valence-corrected chi connectivity index (χ0v) is 25.9. The summed E-state index contributed by atoms with van der Waals surface area (Å²) in [5.41, 5.74) is 0. The topological polar surface area (TPSA) is 43.4 Å². The van der Waals surface area contributed by atoms with Gasteiger partial charge in [0.25, 0.3) is 0 Å². The fourth-order valence-electron chi connectivity index (χ4n) is 4.20. The van der Waals surface area contributed by atoms with E-state index in [9.17, 15) is 83.1 Å². The van der Waals surface area contributed by atoms with E-state index in [1.807, 2.05) is 0 Å². The van der Waals surface area contributed by atoms with Crippen LogP contribution in [0.25, 0.3) is 0 Å². The molecule has 284 valence electrons. The summed E-state index contributed by atoms with van der Waals surface area (Å²) in [4.78, 5) is 0. The lowest BCUT2D eigenvalue weighted by Gasteiger charge is -2.42. The molecular weight excluding hydrogens is 715 g/mol. The van der Waals surface area contributed by atoms with Gasteiger partial charge < -0.3 is 0 Å². The molecule has 0 radical (unpaired) electrons. The maximum atomic E-state index is 14.0. The van der Waals surface area contributed by atoms with E-state index in [0.717, 1.165) is 44.9 Å². The SMILES string of the molecule is CCCCCCCCCCCCCCCCCCOS(=O)(=O)C(F)(F)C(F)(F)C(F)(F)C(F)(F)C(F)(F)C(F)(F)C(F)(F)C(F)(F)F. The first-order chi connectivity index (χ1) is 21.1. The Bertz CT molecular complexity index is 1030. The summed E-state index contributed by atoms with van der Waals surface area (Å²) in [6.45, 7) is 0.665. The molecule has 3 nitrogen and oxygen atoms in total. The summed E-state index contributed by atoms with van der Waals surface area (Å²) < 4.78 is 253. The smallest absolute Gasteiger partial charge is 0.265 e. The second kappa shape index (κ2) is 17.1. The average Bonchev–Trinajstić information content (AvgIpc) is 2.93. The van der Waals surface area contributed by atoms with Crippen LogP contribution in [0.3, 0.4) is 0 Å². The van der Waals surface area contributed by atoms with Crippen LogP contribution in [-0.2, 0) is 14.3 Å². The zero-order chi connectivity index (χ0) is 37.2. The molecule has 0 rings (SSSR count). The number of alkyl halides is 17. The molecule has 0 aliphatic carbocycles. The summed E-state index contributed by atoms with van der Waals surface area (Å²) in [6, 6.07) is 0. The minimum atomic E-state index is -8.85. The number of hydrogen-bond donors (Lipinski definition) is 0. The van der Waals surface area contributed by atoms with Crippen molar-refractivity contribution in [2.75, 3.05) is 6.61 Å². The third kappa shape index (κ3) is 9.92. The quantitative estimate of drug-likeness (QED) is 0.0530. The lowest BCUT2D eigenvalue weighted by atomic mass is 9.91. The van der Waals surface area contributed by atoms with Crippen LogP contribution in [0.4, 0.5) is 74.6 Å². The maximum Gasteiger partial charge on any atom is 0.460 e. The van der Waals surface area contributed by atoms with Crippen LogP contribution in [-0.4, -0.2) is 62.0 Å². The molecule has 0 aromatic carbocycles. The minimum Gasteiger partial charge on any atom is -0.265 e. The van der Waals surface area contributed by atoms with E-state index < -0.39 is 70.1 Å². The molecule has 0 aromatic rings. The highest BCUT2D eigenvalue weighted by molar-refractivity contribution is 7.87. The van der Waals surface area contributed by atoms with Gasteiger partial charge in [0.05, 0.1) is 6.61 Å². The van der Waals surface area contributed by atoms with Gasteiger partial charge in [0.1, 0.15) is 0 Å². The monoisotopic (exact) mass is 752 g/mol. The van der Waals surface area contributed by atoms with E-state index >= 15 is 0 Å². The average molecular weight is 753 g/mol. The number of halogens is 17. The highest BCUT2D eigenvalue weighted by Gasteiger charge is 2.96. The highest BCUT2D eigenvalue weighted by Crippen LogP contribution is 2.64. The Morgan fingerprint density at radius 2 is 0.638 bits per heavy atom. The van der Waals surface area contributed by atoms with Crippen molar-refractivity contribution >= 4 is 10.1 Å². The molecule has 0 aromatic heterocycles. The number of hydrogen-bond acceptors (Lipinski definition) is 3. The first-order valence-corrected chi connectivity index (χ1v) is 16.1. The van der Waals surface area contributed by atoms with E-state index in [0.29, 0.717) is 19.3 Å². The molecule has 47 heavy (non-hydrogen) atoms. The molecule has 0 aliphatic heterocycles. The number of unbranched alkanes of at least 4 members (excludes halogenated alkanes) is 15. The summed E-state index contributed by atoms with van der Waals surface area (Å²) in [5.74, 6) is -51.7. The maximum absolute atomic E-state index is 14.0. The van der Waals surface area contributed by atoms with E-state index in [1.54, 1.807) is 0 Å². The van der Waals surface area contributed by atoms with Crippen LogP contribution < -0.4 is 0 Å². The Balaban J connectivity index is 5.10. The van der Waals surface area contributed by atoms with Crippen molar-refractivity contribution < 1.29 is 87.2 Å². The fourth-order valence-corrected chi connectivity index (χ4v) is 5.13. The van der Waals surface area contributed by atoms with Crippen molar-refractivity contribution in [3.8, 4) is 0 Å². The first-order valence-electron chi connectivity index (χ1n) is 14.7. The lowest BCUT2D eigenvalue weighted by Crippen LogP contribution is -2.75. The van der Waals surface area contributed by atoms with Crippen molar-refractivity contribution in [3.05, 3.63) is 0 Å². The Kier molecular flexibility index (Phi) is 16.6. The van der Waals surface area contributed by atoms with Crippen LogP contribution in [0.5, 0.6) is 0 Å². The van der Waals surface area contributed by atoms with Gasteiger partial charge in [-0.05, 0) is 6.42 Å². The molecule has 0 amide bonds. The van der Waals surface area contributed by atoms with Gasteiger partial charge in [-0.15, -0.1) is 0 Å². The van der Waals surface area contributed by atoms with Gasteiger partial charge in [-0.1, -0.05) is 103 Å². The van der Waals surface area contributed by atoms with E-state index in [1.165, 1.54) is 25.7 Å². The van der Waals surface area contributed by atoms with E-state index in [4.69, 9.17) is 0 Å². The minimum absolute atomic E-state index is 0.0154. The third-order valence-corrected chi connectivity index (χ3v) is 8.60. The van der Waals surface area contributed by atoms with Crippen molar-refractivity contribution in [1.29, 1.82) is 0 Å². The zero-order valence-electron chi connectivity index (χ0n) is 25.1. The standard InChI is InChI=1S/C26H37F17O3S/c1-2-3-4-5-6-7-8-9-10-11-12-13-14-15-16-17-18-46-47(44,45)26(42,43)24(37,38)22(33,34)20(29,30)19(27,28)21(31,32)23(35,36)25(39,40)41/h2-18H2,1H3. The summed E-state index contributed by atoms with van der Waals surface area (Å²) in [5, 5.41) is -7.63. The number of rotatable bonds is 25. The molecule has 0 fully saturated rings. The Labute approximate surface area is 261 Å². The van der Waals surface area contributed by atoms with Gasteiger partial charge in [-0.3, -0.25) is 4.18 Å². The fraction of sp³-hybridized carbons (Fsp3) is 1.00. The molecule has 0 aliphatic rings. The normalized spacial score (nSPS) is 15.0. The molecule has 0 N–H and O–H groups in total. The van der Waals surface area contributed by atoms with Gasteiger partial charge in [0.2, 0.25) is 0 Å². The van der Waals surface area contributed by atoms with Crippen LogP contribution in [0.1, 0.15) is 110 Å². The van der Waals surface area contributed by atoms with Crippen LogP contribution >= 0.6 is 0 Å². The molecule has 0 atom stereocenters. The first kappa shape index (κ1) is 45.7. The molecule has 0 spiro atoms. The summed E-state index contributed by atoms with van der Waals surface area (Å²) >= 11 is 0. The van der Waals surface area contributed by atoms with Crippen LogP contribution in [0, 0.1) is 0 Å². The predicted octanol–water partition coefficient (Wildman–Crippen LogP) is 11.6. The van der Waals surface area contributed by atoms with E-state index in [2.05, 4.69) is 11.1 Å². The van der Waals surface area contributed by atoms with E-state index in [-0.39, 0.29) is 6.42 Å². The Morgan fingerprint density at radius 1 is 0.383 bits per heavy atom. The molecule has 0 bridgehead atoms. The summed E-state index contributed by atoms with van der Waals surface area (Å²) in [7, 11) is -7.47. The molecule has 0 saturated heterocycles. The second-order valence-electron chi connectivity index (χ2n) is 11.0. The van der Waals surface area contributed by atoms with Crippen molar-refractivity contribution in [3.63, 3.8) is 0 Å². The van der Waals surface area contributed by atoms with Crippen LogP contribution in [0.15, 0.2) is 0 Å². The van der Waals surface area contributed by atoms with Gasteiger partial charge in [-0.25, -0.2) is 0 Å². The summed E-state index contributed by atoms with van der Waals surface area (Å²) in [6.07, 6.45) is 5.10. The Hall–Kier alpha value is -1.28. The lowest BCUT2D eigenvalue weighted by molar-refractivity contribution is -0.458. The van der Waals surface area contributed by atoms with Crippen molar-refractivity contribution in [1.82, 2.24) is 0 Å². The molecule has 0 heterocycles. The van der Waals surface area contributed by atoms with Gasteiger partial charge in [0, 0.05) is 0 Å². The van der Waals surface area contributed by atoms with Gasteiger partial charge in [0.15, 0.2) is 0 Å². The van der Waals surface area contributed by atoms with Gasteiger partial charge in [-0.2, -0.15) is 83.1 Å². The van der Waals surface area contributed by atoms with Gasteiger partial charge >= 0.3 is 57.1 Å².